The monoisotopic (exact) mass is 415 g/mol. The number of carbonyl (C=O) groups excluding carboxylic acids is 2. The zero-order valence-corrected chi connectivity index (χ0v) is 16.0. The summed E-state index contributed by atoms with van der Waals surface area (Å²) in [5.74, 6) is -1.18. The summed E-state index contributed by atoms with van der Waals surface area (Å²) in [6.45, 7) is 3.36. The number of nitro groups is 1. The highest BCUT2D eigenvalue weighted by atomic mass is 16.6. The second-order valence-corrected chi connectivity index (χ2v) is 6.05. The van der Waals surface area contributed by atoms with Gasteiger partial charge in [0.25, 0.3) is 5.91 Å². The number of carbonyl (C=O) groups is 2. The van der Waals surface area contributed by atoms with Crippen molar-refractivity contribution in [1.82, 2.24) is 40.5 Å². The fraction of sp³-hybridized carbons (Fsp3) is 0.312. The van der Waals surface area contributed by atoms with Crippen molar-refractivity contribution in [3.05, 3.63) is 57.5 Å². The molecule has 14 heteroatoms. The van der Waals surface area contributed by atoms with Crippen molar-refractivity contribution in [3.63, 3.8) is 0 Å². The molecule has 2 N–H and O–H groups in total. The molecular formula is C16H17N9O5. The number of hydrogen-bond donors (Lipinski definition) is 2. The van der Waals surface area contributed by atoms with Crippen molar-refractivity contribution in [2.24, 2.45) is 0 Å². The number of rotatable bonds is 8. The van der Waals surface area contributed by atoms with Crippen molar-refractivity contribution >= 4 is 17.5 Å². The Morgan fingerprint density at radius 2 is 1.93 bits per heavy atom. The minimum absolute atomic E-state index is 0.00542. The van der Waals surface area contributed by atoms with Crippen molar-refractivity contribution in [2.45, 2.75) is 20.4 Å². The number of aromatic nitrogens is 6. The maximum Gasteiger partial charge on any atom is 0.316 e. The first kappa shape index (κ1) is 20.5. The lowest BCUT2D eigenvalue weighted by molar-refractivity contribution is -0.386. The van der Waals surface area contributed by atoms with Crippen LogP contribution in [0.15, 0.2) is 23.1 Å². The fourth-order valence-corrected chi connectivity index (χ4v) is 2.58. The third-order valence-electron chi connectivity index (χ3n) is 3.97. The molecule has 0 spiro atoms. The van der Waals surface area contributed by atoms with Crippen LogP contribution in [0.5, 0.6) is 0 Å². The van der Waals surface area contributed by atoms with Crippen LogP contribution < -0.4 is 10.6 Å². The van der Waals surface area contributed by atoms with Crippen molar-refractivity contribution in [3.8, 4) is 0 Å². The molecule has 0 atom stereocenters. The molecule has 0 aromatic carbocycles. The summed E-state index contributed by atoms with van der Waals surface area (Å²) < 4.78 is 6.28. The van der Waals surface area contributed by atoms with E-state index in [2.05, 4.69) is 35.8 Å². The zero-order valence-electron chi connectivity index (χ0n) is 16.0. The lowest BCUT2D eigenvalue weighted by Gasteiger charge is -2.04. The Morgan fingerprint density at radius 3 is 2.57 bits per heavy atom. The molecule has 3 heterocycles. The molecule has 3 rings (SSSR count). The molecule has 0 aliphatic heterocycles. The van der Waals surface area contributed by atoms with Gasteiger partial charge in [-0.1, -0.05) is 5.16 Å². The molecule has 0 fully saturated rings. The van der Waals surface area contributed by atoms with E-state index >= 15 is 0 Å². The quantitative estimate of drug-likeness (QED) is 0.283. The van der Waals surface area contributed by atoms with E-state index in [-0.39, 0.29) is 48.4 Å². The third-order valence-corrected chi connectivity index (χ3v) is 3.97. The second-order valence-electron chi connectivity index (χ2n) is 6.05. The number of aryl methyl sites for hydroxylation is 1. The molecule has 2 amide bonds. The van der Waals surface area contributed by atoms with Gasteiger partial charge in [0.1, 0.15) is 23.6 Å². The zero-order chi connectivity index (χ0) is 21.7. The van der Waals surface area contributed by atoms with Gasteiger partial charge in [0.15, 0.2) is 5.82 Å². The van der Waals surface area contributed by atoms with E-state index < -0.39 is 16.7 Å². The number of hydrogen-bond acceptors (Lipinski definition) is 10. The van der Waals surface area contributed by atoms with Crippen LogP contribution in [0.3, 0.4) is 0 Å². The van der Waals surface area contributed by atoms with Gasteiger partial charge < -0.3 is 15.2 Å². The van der Waals surface area contributed by atoms with Gasteiger partial charge >= 0.3 is 17.5 Å². The van der Waals surface area contributed by atoms with Crippen LogP contribution >= 0.6 is 0 Å². The molecule has 0 radical (unpaired) electrons. The molecule has 14 nitrogen and oxygen atoms in total. The van der Waals surface area contributed by atoms with Gasteiger partial charge in [-0.05, 0) is 13.8 Å². The molecule has 0 aliphatic rings. The summed E-state index contributed by atoms with van der Waals surface area (Å²) in [6, 6.07) is 0. The Hall–Kier alpha value is -4.23. The first-order valence-corrected chi connectivity index (χ1v) is 8.70. The normalized spacial score (nSPS) is 10.6. The molecule has 0 aliphatic carbocycles. The summed E-state index contributed by atoms with van der Waals surface area (Å²) in [7, 11) is 0. The van der Waals surface area contributed by atoms with Crippen molar-refractivity contribution < 1.29 is 19.0 Å². The summed E-state index contributed by atoms with van der Waals surface area (Å²) in [6.07, 6.45) is 4.17. The second kappa shape index (κ2) is 8.85. The third kappa shape index (κ3) is 4.60. The largest absolute Gasteiger partial charge is 0.349 e. The van der Waals surface area contributed by atoms with Gasteiger partial charge in [0, 0.05) is 25.5 Å². The molecule has 30 heavy (non-hydrogen) atoms. The van der Waals surface area contributed by atoms with E-state index in [1.54, 1.807) is 6.92 Å². The Balaban J connectivity index is 1.51. The van der Waals surface area contributed by atoms with E-state index in [1.165, 1.54) is 30.2 Å². The Kier molecular flexibility index (Phi) is 6.05. The van der Waals surface area contributed by atoms with Crippen LogP contribution in [-0.4, -0.2) is 59.7 Å². The maximum atomic E-state index is 12.1. The maximum absolute atomic E-state index is 12.1. The molecule has 3 aromatic heterocycles. The summed E-state index contributed by atoms with van der Waals surface area (Å²) in [5, 5.41) is 23.9. The average Bonchev–Trinajstić information content (AvgIpc) is 3.30. The SMILES string of the molecule is Cc1nn(Cc2noc(C(=O)NCCNC(=O)c3cnccn3)n2)c(C)c1[N+](=O)[O-]. The van der Waals surface area contributed by atoms with Crippen LogP contribution in [0.1, 0.15) is 38.4 Å². The Labute approximate surface area is 168 Å². The van der Waals surface area contributed by atoms with Crippen LogP contribution in [0.2, 0.25) is 0 Å². The average molecular weight is 415 g/mol. The van der Waals surface area contributed by atoms with E-state index in [0.29, 0.717) is 5.69 Å². The molecule has 3 aromatic rings. The summed E-state index contributed by atoms with van der Waals surface area (Å²) in [5.41, 5.74) is 0.685. The summed E-state index contributed by atoms with van der Waals surface area (Å²) in [4.78, 5) is 46.1. The van der Waals surface area contributed by atoms with Crippen LogP contribution in [0.25, 0.3) is 0 Å². The minimum Gasteiger partial charge on any atom is -0.349 e. The van der Waals surface area contributed by atoms with Gasteiger partial charge in [-0.3, -0.25) is 29.4 Å². The molecule has 0 saturated heterocycles. The van der Waals surface area contributed by atoms with Gasteiger partial charge in [-0.25, -0.2) is 4.98 Å². The highest BCUT2D eigenvalue weighted by molar-refractivity contribution is 5.92. The molecule has 0 bridgehead atoms. The van der Waals surface area contributed by atoms with Gasteiger partial charge in [0.2, 0.25) is 0 Å². The highest BCUT2D eigenvalue weighted by Gasteiger charge is 2.23. The molecule has 0 unspecified atom stereocenters. The number of nitrogens with one attached hydrogen (secondary N) is 2. The first-order valence-electron chi connectivity index (χ1n) is 8.70. The smallest absolute Gasteiger partial charge is 0.316 e. The molecule has 156 valence electrons. The predicted molar refractivity (Wildman–Crippen MR) is 98.5 cm³/mol. The van der Waals surface area contributed by atoms with Crippen LogP contribution in [0.4, 0.5) is 5.69 Å². The Bertz CT molecular complexity index is 1080. The van der Waals surface area contributed by atoms with Gasteiger partial charge in [-0.15, -0.1) is 0 Å². The van der Waals surface area contributed by atoms with Gasteiger partial charge in [-0.2, -0.15) is 10.1 Å². The van der Waals surface area contributed by atoms with Gasteiger partial charge in [0.05, 0.1) is 11.1 Å². The highest BCUT2D eigenvalue weighted by Crippen LogP contribution is 2.22. The van der Waals surface area contributed by atoms with E-state index in [1.807, 2.05) is 0 Å². The molecule has 0 saturated carbocycles. The Morgan fingerprint density at radius 1 is 1.20 bits per heavy atom. The lowest BCUT2D eigenvalue weighted by atomic mass is 10.3. The van der Waals surface area contributed by atoms with E-state index in [0.717, 1.165) is 0 Å². The van der Waals surface area contributed by atoms with E-state index in [9.17, 15) is 19.7 Å². The lowest BCUT2D eigenvalue weighted by Crippen LogP contribution is -2.35. The van der Waals surface area contributed by atoms with Crippen molar-refractivity contribution in [1.29, 1.82) is 0 Å². The first-order chi connectivity index (χ1) is 14.4. The topological polar surface area (TPSA) is 184 Å². The standard InChI is InChI=1S/C16H17N9O5/c1-9-13(25(28)29)10(2)24(22-9)8-12-21-16(30-23-12)15(27)20-6-5-19-14(26)11-7-17-3-4-18-11/h3-4,7H,5-6,8H2,1-2H3,(H,19,26)(H,20,27). The van der Waals surface area contributed by atoms with E-state index in [4.69, 9.17) is 4.52 Å². The minimum atomic E-state index is -0.623. The molecular weight excluding hydrogens is 398 g/mol. The predicted octanol–water partition coefficient (Wildman–Crippen LogP) is -0.211. The van der Waals surface area contributed by atoms with Crippen molar-refractivity contribution in [2.75, 3.05) is 13.1 Å². The summed E-state index contributed by atoms with van der Waals surface area (Å²) >= 11 is 0. The number of amides is 2. The fourth-order valence-electron chi connectivity index (χ4n) is 2.58. The van der Waals surface area contributed by atoms with Crippen LogP contribution in [0, 0.1) is 24.0 Å². The number of nitrogens with zero attached hydrogens (tertiary/aromatic N) is 7. The van der Waals surface area contributed by atoms with Crippen LogP contribution in [-0.2, 0) is 6.54 Å².